The maximum Gasteiger partial charge on any atom is 0.137 e. The number of benzene rings is 7. The Morgan fingerprint density at radius 3 is 1.31 bits per heavy atom. The third kappa shape index (κ3) is 10.4. The Morgan fingerprint density at radius 2 is 0.812 bits per heavy atom. The van der Waals surface area contributed by atoms with Crippen LogP contribution in [0, 0.1) is 10.8 Å². The number of para-hydroxylation sites is 1. The first-order chi connectivity index (χ1) is 37.5. The van der Waals surface area contributed by atoms with E-state index in [4.69, 9.17) is 9.72 Å². The predicted molar refractivity (Wildman–Crippen MR) is 340 cm³/mol. The first-order valence-corrected chi connectivity index (χ1v) is 29.0. The summed E-state index contributed by atoms with van der Waals surface area (Å²) in [5, 5.41) is 2.39. The lowest BCUT2D eigenvalue weighted by molar-refractivity contribution is 0.444. The van der Waals surface area contributed by atoms with Crippen LogP contribution in [0.5, 0.6) is 11.5 Å². The van der Waals surface area contributed by atoms with Gasteiger partial charge in [0.15, 0.2) is 0 Å². The SMILES string of the molecule is CC(C)(C)C1=C(C(C)(C)C)N(c2cc(C(C)(C)c3ccccc3)cc(C(C)(C)c3ccccc3)c2)CN1c1cc(Oc2cc(C(C)(C)c3ccccc3)c3c4ccccc4n(-c4cc(C(C)(C)C)ccn4)c3c2)cc(C(C)(C)C)c1. The van der Waals surface area contributed by atoms with Crippen molar-refractivity contribution >= 4 is 33.2 Å². The molecule has 0 saturated carbocycles. The van der Waals surface area contributed by atoms with E-state index in [9.17, 15) is 0 Å². The van der Waals surface area contributed by atoms with Gasteiger partial charge in [-0.25, -0.2) is 4.98 Å². The highest BCUT2D eigenvalue weighted by molar-refractivity contribution is 6.12. The maximum atomic E-state index is 7.49. The number of pyridine rings is 1. The molecular weight excluding hydrogens is 973 g/mol. The van der Waals surface area contributed by atoms with Crippen LogP contribution in [0.4, 0.5) is 11.4 Å². The Labute approximate surface area is 479 Å². The molecule has 3 heterocycles. The molecule has 5 nitrogen and oxygen atoms in total. The molecule has 412 valence electrons. The van der Waals surface area contributed by atoms with E-state index in [1.807, 2.05) is 6.20 Å². The molecule has 0 atom stereocenters. The number of hydrogen-bond donors (Lipinski definition) is 0. The number of nitrogens with zero attached hydrogens (tertiary/aromatic N) is 4. The Balaban J connectivity index is 1.18. The van der Waals surface area contributed by atoms with Crippen LogP contribution >= 0.6 is 0 Å². The van der Waals surface area contributed by atoms with Gasteiger partial charge in [-0.2, -0.15) is 0 Å². The third-order valence-corrected chi connectivity index (χ3v) is 17.2. The van der Waals surface area contributed by atoms with Gasteiger partial charge in [0.05, 0.1) is 17.7 Å². The quantitative estimate of drug-likeness (QED) is 0.129. The van der Waals surface area contributed by atoms with Gasteiger partial charge in [0.1, 0.15) is 17.3 Å². The third-order valence-electron chi connectivity index (χ3n) is 17.2. The van der Waals surface area contributed by atoms with E-state index >= 15 is 0 Å². The summed E-state index contributed by atoms with van der Waals surface area (Å²) in [5.41, 5.74) is 15.5. The molecule has 0 aliphatic carbocycles. The van der Waals surface area contributed by atoms with E-state index in [-0.39, 0.29) is 32.5 Å². The fourth-order valence-electron chi connectivity index (χ4n) is 12.3. The summed E-state index contributed by atoms with van der Waals surface area (Å²) < 4.78 is 9.84. The average molecular weight is 1060 g/mol. The minimum absolute atomic E-state index is 0.0609. The number of aromatic nitrogens is 2. The van der Waals surface area contributed by atoms with Crippen molar-refractivity contribution in [3.05, 3.63) is 238 Å². The molecular formula is C75H86N4O. The Kier molecular flexibility index (Phi) is 14.0. The van der Waals surface area contributed by atoms with E-state index in [1.54, 1.807) is 0 Å². The predicted octanol–water partition coefficient (Wildman–Crippen LogP) is 20.1. The van der Waals surface area contributed by atoms with Crippen LogP contribution < -0.4 is 14.5 Å². The second kappa shape index (κ2) is 20.0. The highest BCUT2D eigenvalue weighted by atomic mass is 16.5. The fraction of sp³-hybridized carbons (Fsp3) is 0.347. The van der Waals surface area contributed by atoms with E-state index < -0.39 is 5.41 Å². The van der Waals surface area contributed by atoms with Crippen molar-refractivity contribution in [1.82, 2.24) is 9.55 Å². The van der Waals surface area contributed by atoms with Gasteiger partial charge in [0.25, 0.3) is 0 Å². The highest BCUT2D eigenvalue weighted by Crippen LogP contribution is 2.51. The van der Waals surface area contributed by atoms with Crippen LogP contribution in [0.2, 0.25) is 0 Å². The largest absolute Gasteiger partial charge is 0.457 e. The van der Waals surface area contributed by atoms with Crippen LogP contribution in [0.1, 0.15) is 169 Å². The van der Waals surface area contributed by atoms with E-state index in [0.717, 1.165) is 34.0 Å². The molecule has 9 aromatic rings. The number of ether oxygens (including phenoxy) is 1. The molecule has 0 N–H and O–H groups in total. The number of hydrogen-bond acceptors (Lipinski definition) is 4. The van der Waals surface area contributed by atoms with Crippen molar-refractivity contribution in [3.8, 4) is 17.3 Å². The number of fused-ring (bicyclic) bond motifs is 3. The molecule has 2 aromatic heterocycles. The van der Waals surface area contributed by atoms with E-state index in [2.05, 4.69) is 315 Å². The summed E-state index contributed by atoms with van der Waals surface area (Å²) in [4.78, 5) is 10.3. The molecule has 0 saturated heterocycles. The van der Waals surface area contributed by atoms with Crippen molar-refractivity contribution in [2.24, 2.45) is 10.8 Å². The van der Waals surface area contributed by atoms with Gasteiger partial charge in [0.2, 0.25) is 0 Å². The molecule has 1 aliphatic rings. The van der Waals surface area contributed by atoms with Gasteiger partial charge in [-0.05, 0) is 104 Å². The monoisotopic (exact) mass is 1060 g/mol. The zero-order chi connectivity index (χ0) is 57.5. The number of rotatable bonds is 11. The minimum atomic E-state index is -0.397. The van der Waals surface area contributed by atoms with Crippen LogP contribution in [-0.4, -0.2) is 16.2 Å². The molecule has 0 amide bonds. The van der Waals surface area contributed by atoms with Gasteiger partial charge >= 0.3 is 0 Å². The molecule has 0 spiro atoms. The maximum absolute atomic E-state index is 7.49. The Bertz CT molecular complexity index is 3700. The topological polar surface area (TPSA) is 33.5 Å². The van der Waals surface area contributed by atoms with Crippen LogP contribution in [0.15, 0.2) is 194 Å². The number of anilines is 2. The van der Waals surface area contributed by atoms with Crippen LogP contribution in [-0.2, 0) is 27.1 Å². The van der Waals surface area contributed by atoms with Crippen LogP contribution in [0.25, 0.3) is 27.6 Å². The van der Waals surface area contributed by atoms with Crippen molar-refractivity contribution in [3.63, 3.8) is 0 Å². The second-order valence-electron chi connectivity index (χ2n) is 28.4. The summed E-state index contributed by atoms with van der Waals surface area (Å²) in [7, 11) is 0. The standard InChI is InChI=1S/C75H86N4O/c1-69(2,3)53-38-39-76-65(45-53)79-63-37-29-28-36-61(63)66-62(75(17,18)52-34-26-21-27-35-52)47-60(48-64(66)79)80-59-44-54(70(4,5)6)41-58(46-59)78-49-77(67(71(7,8)9)68(78)72(10,11)12)57-42-55(73(13,14)50-30-22-19-23-31-50)40-56(43-57)74(15,16)51-32-24-20-25-33-51/h19-48H,49H2,1-18H3. The van der Waals surface area contributed by atoms with E-state index in [0.29, 0.717) is 6.67 Å². The zero-order valence-electron chi connectivity index (χ0n) is 51.2. The first kappa shape index (κ1) is 55.9. The van der Waals surface area contributed by atoms with Crippen LogP contribution in [0.3, 0.4) is 0 Å². The van der Waals surface area contributed by atoms with Gasteiger partial charge < -0.3 is 14.5 Å². The first-order valence-electron chi connectivity index (χ1n) is 29.0. The van der Waals surface area contributed by atoms with Gasteiger partial charge in [-0.3, -0.25) is 4.57 Å². The smallest absolute Gasteiger partial charge is 0.137 e. The molecule has 5 heteroatoms. The van der Waals surface area contributed by atoms with Crippen molar-refractivity contribution in [2.45, 2.75) is 152 Å². The summed E-state index contributed by atoms with van der Waals surface area (Å²) in [5.74, 6) is 2.47. The molecule has 10 rings (SSSR count). The lowest BCUT2D eigenvalue weighted by Crippen LogP contribution is -2.32. The molecule has 0 bridgehead atoms. The molecule has 0 radical (unpaired) electrons. The average Bonchev–Trinajstić information content (AvgIpc) is 4.07. The molecule has 7 aromatic carbocycles. The summed E-state index contributed by atoms with van der Waals surface area (Å²) in [6.07, 6.45) is 1.96. The van der Waals surface area contributed by atoms with Crippen molar-refractivity contribution < 1.29 is 4.74 Å². The lowest BCUT2D eigenvalue weighted by Gasteiger charge is -2.36. The highest BCUT2D eigenvalue weighted by Gasteiger charge is 2.43. The normalized spacial score (nSPS) is 14.2. The Morgan fingerprint density at radius 1 is 0.362 bits per heavy atom. The second-order valence-corrected chi connectivity index (χ2v) is 28.4. The Hall–Kier alpha value is -7.37. The van der Waals surface area contributed by atoms with Gasteiger partial charge in [-0.1, -0.05) is 240 Å². The van der Waals surface area contributed by atoms with Gasteiger partial charge in [-0.15, -0.1) is 0 Å². The minimum Gasteiger partial charge on any atom is -0.457 e. The summed E-state index contributed by atoms with van der Waals surface area (Å²) >= 11 is 0. The zero-order valence-corrected chi connectivity index (χ0v) is 51.2. The fourth-order valence-corrected chi connectivity index (χ4v) is 12.3. The molecule has 0 fully saturated rings. The lowest BCUT2D eigenvalue weighted by atomic mass is 9.73. The van der Waals surface area contributed by atoms with Crippen molar-refractivity contribution in [1.29, 1.82) is 0 Å². The summed E-state index contributed by atoms with van der Waals surface area (Å²) in [6.45, 7) is 42.9. The molecule has 80 heavy (non-hydrogen) atoms. The summed E-state index contributed by atoms with van der Waals surface area (Å²) in [6, 6.07) is 65.1. The molecule has 1 aliphatic heterocycles. The molecule has 0 unspecified atom stereocenters. The van der Waals surface area contributed by atoms with Crippen molar-refractivity contribution in [2.75, 3.05) is 16.5 Å². The van der Waals surface area contributed by atoms with E-state index in [1.165, 1.54) is 72.4 Å². The number of allylic oxidation sites excluding steroid dienone is 2. The van der Waals surface area contributed by atoms with Gasteiger partial charge in [0, 0.05) is 78.9 Å².